The lowest BCUT2D eigenvalue weighted by atomic mass is 9.99. The minimum absolute atomic E-state index is 0.000740. The largest absolute Gasteiger partial charge is 0.370 e. The van der Waals surface area contributed by atoms with Crippen LogP contribution in [0.3, 0.4) is 0 Å². The lowest BCUT2D eigenvalue weighted by Gasteiger charge is -2.31. The van der Waals surface area contributed by atoms with Gasteiger partial charge >= 0.3 is 0 Å². The predicted octanol–water partition coefficient (Wildman–Crippen LogP) is -1.58. The Bertz CT molecular complexity index is 4070. The average molecular weight is 1490 g/mol. The number of amides is 14. The van der Waals surface area contributed by atoms with Crippen molar-refractivity contribution in [2.45, 2.75) is 171 Å². The van der Waals surface area contributed by atoms with E-state index in [0.29, 0.717) is 27.3 Å². The molecule has 570 valence electrons. The highest BCUT2D eigenvalue weighted by atomic mass is 35.5. The van der Waals surface area contributed by atoms with Crippen molar-refractivity contribution in [3.05, 3.63) is 149 Å². The summed E-state index contributed by atoms with van der Waals surface area (Å²) in [7, 11) is 0. The Kier molecular flexibility index (Phi) is 30.0. The molecule has 1 aromatic heterocycles. The number of carbonyl (C=O) groups excluding carboxylic acids is 14. The second kappa shape index (κ2) is 39.5. The lowest BCUT2D eigenvalue weighted by molar-refractivity contribution is -0.142. The van der Waals surface area contributed by atoms with E-state index in [1.807, 2.05) is 36.4 Å². The molecule has 3 aliphatic rings. The molecule has 0 spiro atoms. The first-order valence-electron chi connectivity index (χ1n) is 35.5. The van der Waals surface area contributed by atoms with Crippen LogP contribution in [0.2, 0.25) is 5.02 Å². The van der Waals surface area contributed by atoms with E-state index >= 15 is 19.2 Å². The number of pyridine rings is 1. The molecule has 8 rings (SSSR count). The number of guanidine groups is 1. The van der Waals surface area contributed by atoms with Crippen LogP contribution in [0.25, 0.3) is 10.8 Å². The Hall–Kier alpha value is -11.6. The van der Waals surface area contributed by atoms with Gasteiger partial charge in [0.2, 0.25) is 82.7 Å². The fraction of sp³-hybridized carbons (Fsp3) is 0.432. The van der Waals surface area contributed by atoms with Crippen LogP contribution < -0.4 is 81.0 Å². The van der Waals surface area contributed by atoms with Crippen molar-refractivity contribution in [3.63, 3.8) is 0 Å². The summed E-state index contributed by atoms with van der Waals surface area (Å²) < 4.78 is 0. The Morgan fingerprint density at radius 3 is 1.91 bits per heavy atom. The maximum Gasteiger partial charge on any atom is 0.245 e. The molecule has 0 aliphatic carbocycles. The highest BCUT2D eigenvalue weighted by molar-refractivity contribution is 6.30. The number of carbonyl (C=O) groups is 14. The molecule has 14 amide bonds. The molecule has 4 heterocycles. The molecule has 3 saturated heterocycles. The van der Waals surface area contributed by atoms with Crippen LogP contribution in [0, 0.1) is 5.92 Å². The summed E-state index contributed by atoms with van der Waals surface area (Å²) in [5.41, 5.74) is 19.2. The second-order valence-electron chi connectivity index (χ2n) is 27.1. The normalized spacial score (nSPS) is 21.9. The third-order valence-corrected chi connectivity index (χ3v) is 18.5. The highest BCUT2D eigenvalue weighted by Crippen LogP contribution is 2.23. The Labute approximate surface area is 622 Å². The maximum atomic E-state index is 15.5. The maximum absolute atomic E-state index is 15.5. The number of rotatable bonds is 22. The van der Waals surface area contributed by atoms with Crippen molar-refractivity contribution >= 4 is 111 Å². The third kappa shape index (κ3) is 25.1. The zero-order valence-electron chi connectivity index (χ0n) is 59.7. The van der Waals surface area contributed by atoms with Crippen LogP contribution in [0.1, 0.15) is 101 Å². The number of nitrogens with two attached hydrogens (primary N) is 3. The summed E-state index contributed by atoms with van der Waals surface area (Å²) in [6, 6.07) is 13.5. The number of hydrogen-bond acceptors (Lipinski definition) is 16. The van der Waals surface area contributed by atoms with Gasteiger partial charge in [-0.25, -0.2) is 0 Å². The third-order valence-electron chi connectivity index (χ3n) is 18.2. The first-order valence-corrected chi connectivity index (χ1v) is 35.9. The van der Waals surface area contributed by atoms with Gasteiger partial charge in [0.15, 0.2) is 5.96 Å². The van der Waals surface area contributed by atoms with Crippen molar-refractivity contribution in [3.8, 4) is 0 Å². The molecule has 32 nitrogen and oxygen atoms in total. The van der Waals surface area contributed by atoms with Crippen LogP contribution >= 0.6 is 11.6 Å². The molecule has 3 fully saturated rings. The van der Waals surface area contributed by atoms with Crippen LogP contribution in [-0.4, -0.2) is 191 Å². The molecule has 11 atom stereocenters. The molecule has 2 bridgehead atoms. The molecule has 0 saturated carbocycles. The number of aromatic nitrogens is 1. The topological polar surface area (TPSA) is 490 Å². The van der Waals surface area contributed by atoms with Crippen LogP contribution in [0.4, 0.5) is 0 Å². The second-order valence-corrected chi connectivity index (χ2v) is 27.6. The number of fused-ring (bicyclic) bond motifs is 11. The SMILES string of the molecule is CC(=O)N[C@H](Cc1ccc2ccccc2c1)C(=O)N[C@H](Cc1ccc(Cl)cc1)C(=O)N[C@H](Cc1cccnc1)C(=O)N[C@H]1CC(=O)NC[C@@H](C(N)=O)NC(=O)[C@@H]2CCCN2C(=O)[C@@H]2CCCNC(=O)[C@H](Cc3ccccc3)NC(=O)C[C@H](NC1=O)C(=O)N[C@H](CCCN=C(N)N)C(=O)N[C@@H](CC(C)C)C(=O)N2. The molecule has 0 radical (unpaired) electrons. The Morgan fingerprint density at radius 1 is 0.589 bits per heavy atom. The number of halogens is 1. The molecule has 107 heavy (non-hydrogen) atoms. The molecule has 4 aromatic carbocycles. The van der Waals surface area contributed by atoms with Crippen molar-refractivity contribution in [1.29, 1.82) is 0 Å². The Morgan fingerprint density at radius 2 is 1.22 bits per heavy atom. The molecular weight excluding hydrogens is 1400 g/mol. The molecule has 0 unspecified atom stereocenters. The van der Waals surface area contributed by atoms with Crippen LogP contribution in [0.15, 0.2) is 127 Å². The van der Waals surface area contributed by atoms with Gasteiger partial charge in [0.1, 0.15) is 66.5 Å². The van der Waals surface area contributed by atoms with E-state index in [1.54, 1.807) is 86.6 Å². The van der Waals surface area contributed by atoms with E-state index in [9.17, 15) is 47.9 Å². The van der Waals surface area contributed by atoms with Gasteiger partial charge in [-0.1, -0.05) is 116 Å². The monoisotopic (exact) mass is 1490 g/mol. The number of primary amides is 1. The van der Waals surface area contributed by atoms with Gasteiger partial charge in [-0.05, 0) is 102 Å². The first-order chi connectivity index (χ1) is 51.2. The van der Waals surface area contributed by atoms with Gasteiger partial charge in [0, 0.05) is 76.2 Å². The van der Waals surface area contributed by atoms with Crippen molar-refractivity contribution in [2.75, 3.05) is 26.2 Å². The summed E-state index contributed by atoms with van der Waals surface area (Å²) in [6.07, 6.45) is -0.0878. The van der Waals surface area contributed by atoms with E-state index in [2.05, 4.69) is 73.8 Å². The van der Waals surface area contributed by atoms with Crippen molar-refractivity contribution in [2.24, 2.45) is 28.1 Å². The zero-order valence-corrected chi connectivity index (χ0v) is 60.4. The molecule has 3 aliphatic heterocycles. The predicted molar refractivity (Wildman–Crippen MR) is 394 cm³/mol. The highest BCUT2D eigenvalue weighted by Gasteiger charge is 2.42. The standard InChI is InChI=1S/C74H93ClN18O14/c1-41(2)31-52-66(100)86-51-19-11-28-80-64(98)53(33-43-13-5-4-6-14-43)84-62(96)38-58(70(104)85-50(65(99)87-52)18-10-29-81-74(77)78)91-71(105)57(37-61(95)82-40-59(63(76)97)92-72(106)60-20-12-30-93(60)73(51)107)90-69(103)56(36-46-15-9-27-79-39-46)89-68(102)55(34-44-22-25-49(75)26-23-44)88-67(101)54(83-42(3)94)35-45-21-24-47-16-7-8-17-48(47)32-45/h4-9,13-17,21-27,32,39,41,50-60H,10-12,18-20,28-31,33-38,40H2,1-3H3,(H2,76,97)(H,80,98)(H,82,95)(H,83,94)(H,84,96)(H,85,104)(H,86,100)(H,87,99)(H,88,101)(H,89,102)(H,90,103)(H,91,105)(H,92,106)(H4,77,78,81)/t50-,51+,52+,53+,54-,55-,56-,57+,58+,59+,60+/m1/s1. The van der Waals surface area contributed by atoms with E-state index in [0.717, 1.165) is 10.8 Å². The van der Waals surface area contributed by atoms with E-state index in [-0.39, 0.29) is 102 Å². The smallest absolute Gasteiger partial charge is 0.245 e. The fourth-order valence-corrected chi connectivity index (χ4v) is 12.9. The van der Waals surface area contributed by atoms with E-state index in [1.165, 1.54) is 24.2 Å². The lowest BCUT2D eigenvalue weighted by Crippen LogP contribution is -2.61. The van der Waals surface area contributed by atoms with Gasteiger partial charge in [-0.15, -0.1) is 0 Å². The van der Waals surface area contributed by atoms with Gasteiger partial charge in [-0.2, -0.15) is 0 Å². The summed E-state index contributed by atoms with van der Waals surface area (Å²) >= 11 is 6.28. The number of nitrogens with zero attached hydrogens (tertiary/aromatic N) is 3. The van der Waals surface area contributed by atoms with Crippen molar-refractivity contribution < 1.29 is 67.1 Å². The molecule has 5 aromatic rings. The molecular formula is C74H93ClN18O14. The van der Waals surface area contributed by atoms with E-state index < -0.39 is 169 Å². The van der Waals surface area contributed by atoms with Gasteiger partial charge in [0.05, 0.1) is 12.8 Å². The summed E-state index contributed by atoms with van der Waals surface area (Å²) in [4.78, 5) is 214. The summed E-state index contributed by atoms with van der Waals surface area (Å²) in [6.45, 7) is 3.78. The summed E-state index contributed by atoms with van der Waals surface area (Å²) in [5.74, 6) is -14.1. The first kappa shape index (κ1) is 81.1. The minimum atomic E-state index is -2.13. The average Bonchev–Trinajstić information content (AvgIpc) is 1.75. The quantitative estimate of drug-likeness (QED) is 0.0161. The number of nitrogens with one attached hydrogen (secondary N) is 12. The molecule has 33 heteroatoms. The number of benzene rings is 4. The van der Waals surface area contributed by atoms with Gasteiger partial charge in [0.25, 0.3) is 0 Å². The van der Waals surface area contributed by atoms with Crippen molar-refractivity contribution in [1.82, 2.24) is 73.7 Å². The number of hydrogen-bond donors (Lipinski definition) is 15. The van der Waals surface area contributed by atoms with Crippen LogP contribution in [0.5, 0.6) is 0 Å². The Balaban J connectivity index is 1.21. The van der Waals surface area contributed by atoms with Crippen LogP contribution in [-0.2, 0) is 92.8 Å². The fourth-order valence-electron chi connectivity index (χ4n) is 12.7. The van der Waals surface area contributed by atoms with Gasteiger partial charge in [-0.3, -0.25) is 77.1 Å². The minimum Gasteiger partial charge on any atom is -0.370 e. The van der Waals surface area contributed by atoms with E-state index in [4.69, 9.17) is 28.8 Å². The zero-order chi connectivity index (χ0) is 77.3. The molecule has 18 N–H and O–H groups in total. The summed E-state index contributed by atoms with van der Waals surface area (Å²) in [5, 5.41) is 33.8. The van der Waals surface area contributed by atoms with Gasteiger partial charge < -0.3 is 85.9 Å². The number of aliphatic imine (C=N–C) groups is 1.